The molecular formula is C20H28ClN5O2. The molecule has 3 N–H and O–H groups in total. The number of aromatic nitrogens is 1. The van der Waals surface area contributed by atoms with E-state index in [4.69, 9.17) is 16.1 Å². The predicted molar refractivity (Wildman–Crippen MR) is 113 cm³/mol. The zero-order chi connectivity index (χ0) is 20.4. The SMILES string of the molecule is CCc1noc(CC)c1CNC(=NC)NCCCC(=O)Nc1ccc(Cl)cc1. The smallest absolute Gasteiger partial charge is 0.224 e. The van der Waals surface area contributed by atoms with Gasteiger partial charge in [0.1, 0.15) is 5.76 Å². The summed E-state index contributed by atoms with van der Waals surface area (Å²) >= 11 is 5.84. The average Bonchev–Trinajstić information content (AvgIpc) is 3.11. The summed E-state index contributed by atoms with van der Waals surface area (Å²) in [7, 11) is 1.72. The van der Waals surface area contributed by atoms with Gasteiger partial charge in [-0.2, -0.15) is 0 Å². The van der Waals surface area contributed by atoms with Crippen LogP contribution in [-0.4, -0.2) is 30.6 Å². The first-order chi connectivity index (χ1) is 13.6. The summed E-state index contributed by atoms with van der Waals surface area (Å²) in [5.41, 5.74) is 2.81. The Morgan fingerprint density at radius 2 is 1.93 bits per heavy atom. The van der Waals surface area contributed by atoms with Crippen molar-refractivity contribution in [3.8, 4) is 0 Å². The van der Waals surface area contributed by atoms with Crippen LogP contribution >= 0.6 is 11.6 Å². The monoisotopic (exact) mass is 405 g/mol. The summed E-state index contributed by atoms with van der Waals surface area (Å²) in [6.45, 7) is 5.35. The number of nitrogens with one attached hydrogen (secondary N) is 3. The third-order valence-electron chi connectivity index (χ3n) is 4.26. The predicted octanol–water partition coefficient (Wildman–Crippen LogP) is 3.54. The molecule has 28 heavy (non-hydrogen) atoms. The molecule has 1 aromatic carbocycles. The van der Waals surface area contributed by atoms with E-state index in [1.54, 1.807) is 31.3 Å². The van der Waals surface area contributed by atoms with Crippen molar-refractivity contribution in [1.82, 2.24) is 15.8 Å². The Balaban J connectivity index is 1.71. The van der Waals surface area contributed by atoms with Gasteiger partial charge in [-0.05, 0) is 37.1 Å². The molecule has 0 aliphatic carbocycles. The Morgan fingerprint density at radius 3 is 2.57 bits per heavy atom. The van der Waals surface area contributed by atoms with Crippen LogP contribution in [0.2, 0.25) is 5.02 Å². The van der Waals surface area contributed by atoms with Crippen LogP contribution in [0, 0.1) is 0 Å². The highest BCUT2D eigenvalue weighted by atomic mass is 35.5. The van der Waals surface area contributed by atoms with E-state index < -0.39 is 0 Å². The number of aliphatic imine (C=N–C) groups is 1. The fourth-order valence-electron chi connectivity index (χ4n) is 2.74. The number of hydrogen-bond donors (Lipinski definition) is 3. The fraction of sp³-hybridized carbons (Fsp3) is 0.450. The van der Waals surface area contributed by atoms with E-state index in [9.17, 15) is 4.79 Å². The molecule has 7 nitrogen and oxygen atoms in total. The third kappa shape index (κ3) is 6.56. The molecule has 1 heterocycles. The third-order valence-corrected chi connectivity index (χ3v) is 4.52. The summed E-state index contributed by atoms with van der Waals surface area (Å²) in [6, 6.07) is 7.06. The Bertz CT molecular complexity index is 765. The number of amides is 1. The van der Waals surface area contributed by atoms with E-state index in [0.29, 0.717) is 36.9 Å². The van der Waals surface area contributed by atoms with Crippen molar-refractivity contribution < 1.29 is 9.32 Å². The molecule has 1 amide bonds. The molecule has 0 radical (unpaired) electrons. The van der Waals surface area contributed by atoms with Crippen molar-refractivity contribution in [3.05, 3.63) is 46.3 Å². The van der Waals surface area contributed by atoms with E-state index in [0.717, 1.165) is 35.5 Å². The van der Waals surface area contributed by atoms with Crippen LogP contribution in [-0.2, 0) is 24.2 Å². The maximum Gasteiger partial charge on any atom is 0.224 e. The Kier molecular flexibility index (Phi) is 8.81. The molecule has 152 valence electrons. The first-order valence-corrected chi connectivity index (χ1v) is 9.91. The molecule has 0 bridgehead atoms. The van der Waals surface area contributed by atoms with E-state index >= 15 is 0 Å². The van der Waals surface area contributed by atoms with Crippen molar-refractivity contribution in [3.63, 3.8) is 0 Å². The standard InChI is InChI=1S/C20H28ClN5O2/c1-4-17-16(18(5-2)28-26-17)13-24-20(22-3)23-12-6-7-19(27)25-15-10-8-14(21)9-11-15/h8-11H,4-7,12-13H2,1-3H3,(H,25,27)(H2,22,23,24). The van der Waals surface area contributed by atoms with Crippen LogP contribution in [0.4, 0.5) is 5.69 Å². The number of aryl methyl sites for hydroxylation is 2. The van der Waals surface area contributed by atoms with Crippen molar-refractivity contribution >= 4 is 29.2 Å². The highest BCUT2D eigenvalue weighted by molar-refractivity contribution is 6.30. The summed E-state index contributed by atoms with van der Waals surface area (Å²) in [5.74, 6) is 1.55. The van der Waals surface area contributed by atoms with E-state index in [2.05, 4.69) is 33.0 Å². The number of carbonyl (C=O) groups is 1. The van der Waals surface area contributed by atoms with Gasteiger partial charge in [0.15, 0.2) is 5.96 Å². The number of nitrogens with zero attached hydrogens (tertiary/aromatic N) is 2. The van der Waals surface area contributed by atoms with Gasteiger partial charge in [-0.3, -0.25) is 9.79 Å². The van der Waals surface area contributed by atoms with E-state index in [-0.39, 0.29) is 5.91 Å². The second-order valence-corrected chi connectivity index (χ2v) is 6.69. The normalized spacial score (nSPS) is 11.4. The number of benzene rings is 1. The largest absolute Gasteiger partial charge is 0.361 e. The highest BCUT2D eigenvalue weighted by Gasteiger charge is 2.13. The van der Waals surface area contributed by atoms with Gasteiger partial charge in [0.2, 0.25) is 5.91 Å². The highest BCUT2D eigenvalue weighted by Crippen LogP contribution is 2.15. The lowest BCUT2D eigenvalue weighted by molar-refractivity contribution is -0.116. The summed E-state index contributed by atoms with van der Waals surface area (Å²) < 4.78 is 5.38. The zero-order valence-electron chi connectivity index (χ0n) is 16.6. The molecule has 0 aliphatic heterocycles. The second kappa shape index (κ2) is 11.3. The van der Waals surface area contributed by atoms with Crippen molar-refractivity contribution in [2.75, 3.05) is 18.9 Å². The van der Waals surface area contributed by atoms with Crippen molar-refractivity contribution in [2.24, 2.45) is 4.99 Å². The van der Waals surface area contributed by atoms with Crippen LogP contribution in [0.25, 0.3) is 0 Å². The zero-order valence-corrected chi connectivity index (χ0v) is 17.4. The maximum absolute atomic E-state index is 12.0. The Morgan fingerprint density at radius 1 is 1.18 bits per heavy atom. The molecule has 0 saturated heterocycles. The van der Waals surface area contributed by atoms with E-state index in [1.807, 2.05) is 6.92 Å². The van der Waals surface area contributed by atoms with Gasteiger partial charge in [0.05, 0.1) is 5.69 Å². The molecule has 2 aromatic rings. The number of halogens is 1. The second-order valence-electron chi connectivity index (χ2n) is 6.25. The summed E-state index contributed by atoms with van der Waals surface area (Å²) in [5, 5.41) is 14.1. The molecule has 0 aliphatic rings. The number of rotatable bonds is 9. The van der Waals surface area contributed by atoms with Crippen molar-refractivity contribution in [1.29, 1.82) is 0 Å². The lowest BCUT2D eigenvalue weighted by Crippen LogP contribution is -2.37. The molecule has 8 heteroatoms. The fourth-order valence-corrected chi connectivity index (χ4v) is 2.87. The molecule has 0 saturated carbocycles. The quantitative estimate of drug-likeness (QED) is 0.337. The first kappa shape index (κ1) is 21.8. The minimum absolute atomic E-state index is 0.0308. The topological polar surface area (TPSA) is 91.6 Å². The Labute approximate surface area is 170 Å². The van der Waals surface area contributed by atoms with Gasteiger partial charge in [0, 0.05) is 49.3 Å². The molecule has 1 aromatic heterocycles. The number of guanidine groups is 1. The summed E-state index contributed by atoms with van der Waals surface area (Å²) in [4.78, 5) is 16.2. The van der Waals surface area contributed by atoms with Crippen LogP contribution in [0.5, 0.6) is 0 Å². The van der Waals surface area contributed by atoms with Gasteiger partial charge in [-0.1, -0.05) is 30.6 Å². The van der Waals surface area contributed by atoms with E-state index in [1.165, 1.54) is 0 Å². The van der Waals surface area contributed by atoms with Gasteiger partial charge in [-0.15, -0.1) is 0 Å². The van der Waals surface area contributed by atoms with Gasteiger partial charge in [0.25, 0.3) is 0 Å². The number of carbonyl (C=O) groups excluding carboxylic acids is 1. The molecule has 0 atom stereocenters. The average molecular weight is 406 g/mol. The maximum atomic E-state index is 12.0. The molecule has 0 spiro atoms. The van der Waals surface area contributed by atoms with Crippen LogP contribution in [0.15, 0.2) is 33.8 Å². The molecule has 2 rings (SSSR count). The van der Waals surface area contributed by atoms with Gasteiger partial charge >= 0.3 is 0 Å². The minimum atomic E-state index is -0.0308. The van der Waals surface area contributed by atoms with Crippen LogP contribution < -0.4 is 16.0 Å². The summed E-state index contributed by atoms with van der Waals surface area (Å²) in [6.07, 6.45) is 2.74. The minimum Gasteiger partial charge on any atom is -0.361 e. The molecular weight excluding hydrogens is 378 g/mol. The Hall–Kier alpha value is -2.54. The van der Waals surface area contributed by atoms with Crippen LogP contribution in [0.1, 0.15) is 43.7 Å². The van der Waals surface area contributed by atoms with Crippen molar-refractivity contribution in [2.45, 2.75) is 46.1 Å². The van der Waals surface area contributed by atoms with Gasteiger partial charge < -0.3 is 20.5 Å². The lowest BCUT2D eigenvalue weighted by atomic mass is 10.1. The molecule has 0 fully saturated rings. The lowest BCUT2D eigenvalue weighted by Gasteiger charge is -2.12. The number of anilines is 1. The molecule has 0 unspecified atom stereocenters. The van der Waals surface area contributed by atoms with Gasteiger partial charge in [-0.25, -0.2) is 0 Å². The number of hydrogen-bond acceptors (Lipinski definition) is 4. The first-order valence-electron chi connectivity index (χ1n) is 9.53. The van der Waals surface area contributed by atoms with Crippen LogP contribution in [0.3, 0.4) is 0 Å².